The highest BCUT2D eigenvalue weighted by atomic mass is 32.2. The Morgan fingerprint density at radius 2 is 1.87 bits per heavy atom. The number of aliphatic imine (C=N–C) groups is 1. The van der Waals surface area contributed by atoms with Gasteiger partial charge in [-0.2, -0.15) is 0 Å². The van der Waals surface area contributed by atoms with Crippen LogP contribution >= 0.6 is 0 Å². The fraction of sp³-hybridized carbons (Fsp3) is 0.522. The number of piperidine rings is 1. The molecule has 0 unspecified atom stereocenters. The van der Waals surface area contributed by atoms with Gasteiger partial charge >= 0.3 is 0 Å². The number of fused-ring (bicyclic) bond motifs is 1. The standard InChI is InChI=1S/C23H34N4O2S/c1-3-24-23(26-21-12-15-27(16-13-21)17-18-30(2,28)29)25-14-11-20-9-6-8-19-7-4-5-10-22(19)20/h4-10,21H,3,11-18H2,1-2H3,(H2,24,25,26). The number of nitrogens with zero attached hydrogens (tertiary/aromatic N) is 2. The van der Waals surface area contributed by atoms with Gasteiger partial charge in [-0.3, -0.25) is 4.99 Å². The molecule has 30 heavy (non-hydrogen) atoms. The monoisotopic (exact) mass is 430 g/mol. The molecule has 1 heterocycles. The fourth-order valence-corrected chi connectivity index (χ4v) is 4.50. The van der Waals surface area contributed by atoms with Gasteiger partial charge in [-0.15, -0.1) is 0 Å². The number of hydrogen-bond donors (Lipinski definition) is 2. The minimum Gasteiger partial charge on any atom is -0.357 e. The number of nitrogens with one attached hydrogen (secondary N) is 2. The predicted molar refractivity (Wildman–Crippen MR) is 126 cm³/mol. The second-order valence-electron chi connectivity index (χ2n) is 8.04. The molecule has 0 aromatic heterocycles. The zero-order chi connectivity index (χ0) is 21.4. The molecule has 3 rings (SSSR count). The molecule has 164 valence electrons. The molecule has 7 heteroatoms. The average Bonchev–Trinajstić information content (AvgIpc) is 2.73. The van der Waals surface area contributed by atoms with Crippen LogP contribution in [0.25, 0.3) is 10.8 Å². The maximum absolute atomic E-state index is 11.4. The van der Waals surface area contributed by atoms with Crippen LogP contribution in [-0.2, 0) is 16.3 Å². The molecule has 0 radical (unpaired) electrons. The Hall–Kier alpha value is -2.12. The summed E-state index contributed by atoms with van der Waals surface area (Å²) in [6.07, 6.45) is 4.20. The summed E-state index contributed by atoms with van der Waals surface area (Å²) in [4.78, 5) is 7.04. The van der Waals surface area contributed by atoms with E-state index in [4.69, 9.17) is 4.99 Å². The highest BCUT2D eigenvalue weighted by Crippen LogP contribution is 2.19. The second-order valence-corrected chi connectivity index (χ2v) is 10.3. The Bertz CT molecular complexity index is 945. The molecule has 0 saturated carbocycles. The molecule has 6 nitrogen and oxygen atoms in total. The van der Waals surface area contributed by atoms with E-state index >= 15 is 0 Å². The van der Waals surface area contributed by atoms with Crippen LogP contribution in [0, 0.1) is 0 Å². The molecule has 0 bridgehead atoms. The molecule has 0 amide bonds. The van der Waals surface area contributed by atoms with Crippen LogP contribution in [0.1, 0.15) is 25.3 Å². The molecule has 1 aliphatic rings. The van der Waals surface area contributed by atoms with Crippen LogP contribution in [0.15, 0.2) is 47.5 Å². The summed E-state index contributed by atoms with van der Waals surface area (Å²) in [7, 11) is -2.90. The lowest BCUT2D eigenvalue weighted by molar-refractivity contribution is 0.216. The second kappa shape index (κ2) is 10.8. The van der Waals surface area contributed by atoms with E-state index < -0.39 is 9.84 Å². The average molecular weight is 431 g/mol. The van der Waals surface area contributed by atoms with Crippen molar-refractivity contribution in [3.8, 4) is 0 Å². The Morgan fingerprint density at radius 3 is 2.60 bits per heavy atom. The first-order chi connectivity index (χ1) is 14.4. The normalized spacial score (nSPS) is 16.7. The van der Waals surface area contributed by atoms with Gasteiger partial charge in [-0.25, -0.2) is 8.42 Å². The number of guanidine groups is 1. The molecule has 2 N–H and O–H groups in total. The van der Waals surface area contributed by atoms with Crippen molar-refractivity contribution in [1.82, 2.24) is 15.5 Å². The van der Waals surface area contributed by atoms with E-state index in [1.807, 2.05) is 0 Å². The lowest BCUT2D eigenvalue weighted by atomic mass is 10.0. The number of hydrogen-bond acceptors (Lipinski definition) is 4. The van der Waals surface area contributed by atoms with Gasteiger partial charge in [0.05, 0.1) is 5.75 Å². The number of sulfone groups is 1. The van der Waals surface area contributed by atoms with Crippen LogP contribution in [0.3, 0.4) is 0 Å². The van der Waals surface area contributed by atoms with Crippen molar-refractivity contribution in [3.05, 3.63) is 48.0 Å². The van der Waals surface area contributed by atoms with E-state index in [2.05, 4.69) is 64.9 Å². The van der Waals surface area contributed by atoms with Gasteiger partial charge in [-0.1, -0.05) is 42.5 Å². The SMILES string of the molecule is CCNC(=NCCc1cccc2ccccc12)NC1CCN(CCS(C)(=O)=O)CC1. The third kappa shape index (κ3) is 6.99. The minimum absolute atomic E-state index is 0.239. The molecule has 0 spiro atoms. The third-order valence-electron chi connectivity index (χ3n) is 5.58. The summed E-state index contributed by atoms with van der Waals surface area (Å²) >= 11 is 0. The first kappa shape index (κ1) is 22.6. The highest BCUT2D eigenvalue weighted by molar-refractivity contribution is 7.90. The third-order valence-corrected chi connectivity index (χ3v) is 6.51. The van der Waals surface area contributed by atoms with Crippen LogP contribution in [0.5, 0.6) is 0 Å². The Balaban J connectivity index is 1.51. The topological polar surface area (TPSA) is 73.8 Å². The van der Waals surface area contributed by atoms with E-state index in [1.54, 1.807) is 0 Å². The molecular weight excluding hydrogens is 396 g/mol. The van der Waals surface area contributed by atoms with Crippen molar-refractivity contribution >= 4 is 26.6 Å². The van der Waals surface area contributed by atoms with Gasteiger partial charge < -0.3 is 15.5 Å². The Morgan fingerprint density at radius 1 is 1.13 bits per heavy atom. The van der Waals surface area contributed by atoms with Crippen LogP contribution in [0.4, 0.5) is 0 Å². The molecule has 1 saturated heterocycles. The zero-order valence-corrected chi connectivity index (χ0v) is 18.9. The maximum Gasteiger partial charge on any atom is 0.191 e. The van der Waals surface area contributed by atoms with Gasteiger partial charge in [0.1, 0.15) is 9.84 Å². The lowest BCUT2D eigenvalue weighted by Gasteiger charge is -2.32. The molecule has 2 aromatic rings. The van der Waals surface area contributed by atoms with Crippen LogP contribution < -0.4 is 10.6 Å². The van der Waals surface area contributed by atoms with Crippen molar-refractivity contribution in [3.63, 3.8) is 0 Å². The van der Waals surface area contributed by atoms with Gasteiger partial charge in [0.25, 0.3) is 0 Å². The number of benzene rings is 2. The van der Waals surface area contributed by atoms with Gasteiger partial charge in [0.2, 0.25) is 0 Å². The van der Waals surface area contributed by atoms with Crippen molar-refractivity contribution in [2.45, 2.75) is 32.2 Å². The van der Waals surface area contributed by atoms with Crippen LogP contribution in [0.2, 0.25) is 0 Å². The lowest BCUT2D eigenvalue weighted by Crippen LogP contribution is -2.49. The summed E-state index contributed by atoms with van der Waals surface area (Å²) in [6, 6.07) is 15.3. The van der Waals surface area contributed by atoms with E-state index in [0.29, 0.717) is 12.6 Å². The Labute approximate surface area is 180 Å². The molecule has 0 atom stereocenters. The Kier molecular flexibility index (Phi) is 8.10. The van der Waals surface area contributed by atoms with Crippen molar-refractivity contribution in [2.75, 3.05) is 44.7 Å². The van der Waals surface area contributed by atoms with Crippen molar-refractivity contribution < 1.29 is 8.42 Å². The van der Waals surface area contributed by atoms with Crippen molar-refractivity contribution in [1.29, 1.82) is 0 Å². The summed E-state index contributed by atoms with van der Waals surface area (Å²) in [5.74, 6) is 1.11. The summed E-state index contributed by atoms with van der Waals surface area (Å²) < 4.78 is 22.7. The fourth-order valence-electron chi connectivity index (χ4n) is 3.91. The summed E-state index contributed by atoms with van der Waals surface area (Å²) in [5.41, 5.74) is 1.33. The zero-order valence-electron chi connectivity index (χ0n) is 18.1. The molecular formula is C23H34N4O2S. The molecule has 2 aromatic carbocycles. The van der Waals surface area contributed by atoms with Gasteiger partial charge in [-0.05, 0) is 42.5 Å². The number of rotatable bonds is 8. The van der Waals surface area contributed by atoms with Crippen LogP contribution in [-0.4, -0.2) is 70.1 Å². The smallest absolute Gasteiger partial charge is 0.191 e. The largest absolute Gasteiger partial charge is 0.357 e. The first-order valence-corrected chi connectivity index (χ1v) is 12.9. The van der Waals surface area contributed by atoms with E-state index in [-0.39, 0.29) is 5.75 Å². The maximum atomic E-state index is 11.4. The molecule has 1 fully saturated rings. The molecule has 0 aliphatic carbocycles. The summed E-state index contributed by atoms with van der Waals surface area (Å²) in [5, 5.41) is 9.49. The van der Waals surface area contributed by atoms with Gasteiger partial charge in [0, 0.05) is 45.0 Å². The van der Waals surface area contributed by atoms with Gasteiger partial charge in [0.15, 0.2) is 5.96 Å². The summed E-state index contributed by atoms with van der Waals surface area (Å²) in [6.45, 7) is 6.11. The van der Waals surface area contributed by atoms with E-state index in [1.165, 1.54) is 22.6 Å². The minimum atomic E-state index is -2.90. The van der Waals surface area contributed by atoms with E-state index in [9.17, 15) is 8.42 Å². The van der Waals surface area contributed by atoms with E-state index in [0.717, 1.165) is 51.4 Å². The first-order valence-electron chi connectivity index (χ1n) is 10.9. The van der Waals surface area contributed by atoms with Crippen molar-refractivity contribution in [2.24, 2.45) is 4.99 Å². The quantitative estimate of drug-likeness (QED) is 0.497. The predicted octanol–water partition coefficient (Wildman–Crippen LogP) is 2.45. The number of likely N-dealkylation sites (tertiary alicyclic amines) is 1. The molecule has 1 aliphatic heterocycles. The highest BCUT2D eigenvalue weighted by Gasteiger charge is 2.20.